The van der Waals surface area contributed by atoms with Gasteiger partial charge >= 0.3 is 12.2 Å². The summed E-state index contributed by atoms with van der Waals surface area (Å²) in [6, 6.07) is 6.51. The largest absolute Gasteiger partial charge is 0.435 e. The van der Waals surface area contributed by atoms with E-state index in [2.05, 4.69) is 0 Å². The Labute approximate surface area is 161 Å². The summed E-state index contributed by atoms with van der Waals surface area (Å²) in [5.41, 5.74) is 0.756. The number of carbonyl (C=O) groups is 2. The first-order valence-electron chi connectivity index (χ1n) is 7.76. The zero-order chi connectivity index (χ0) is 21.6. The Balaban J connectivity index is 2.09. The molecule has 154 valence electrons. The van der Waals surface area contributed by atoms with Crippen molar-refractivity contribution in [3.63, 3.8) is 0 Å². The van der Waals surface area contributed by atoms with Crippen LogP contribution >= 0.6 is 0 Å². The fraction of sp³-hybridized carbons (Fsp3) is 0.125. The van der Waals surface area contributed by atoms with Crippen LogP contribution in [0.4, 0.5) is 33.7 Å². The minimum Gasteiger partial charge on any atom is -0.399 e. The van der Waals surface area contributed by atoms with E-state index in [4.69, 9.17) is 5.73 Å². The highest BCUT2D eigenvalue weighted by molar-refractivity contribution is 7.89. The number of anilines is 2. The lowest BCUT2D eigenvalue weighted by atomic mass is 10.1. The molecular formula is C16H12F4N4O4S. The van der Waals surface area contributed by atoms with E-state index in [1.165, 1.54) is 22.2 Å². The molecule has 2 aromatic carbocycles. The van der Waals surface area contributed by atoms with Gasteiger partial charge in [-0.2, -0.15) is 17.9 Å². The summed E-state index contributed by atoms with van der Waals surface area (Å²) in [4.78, 5) is 24.0. The smallest absolute Gasteiger partial charge is 0.399 e. The number of benzene rings is 2. The minimum absolute atomic E-state index is 0.117. The zero-order valence-electron chi connectivity index (χ0n) is 14.2. The van der Waals surface area contributed by atoms with E-state index in [-0.39, 0.29) is 10.6 Å². The molecular weight excluding hydrogens is 420 g/mol. The van der Waals surface area contributed by atoms with Crippen molar-refractivity contribution in [2.75, 3.05) is 10.6 Å². The number of halogens is 4. The van der Waals surface area contributed by atoms with Gasteiger partial charge < -0.3 is 11.1 Å². The molecule has 0 unspecified atom stereocenters. The SMILES string of the molecule is Nc1ccc(S(=O)(=O)N[C@]2(C(F)(F)F)NC(=O)N(c3ccccc3F)C2=O)cc1. The number of urea groups is 1. The molecule has 0 bridgehead atoms. The van der Waals surface area contributed by atoms with Crippen molar-refractivity contribution in [2.45, 2.75) is 16.7 Å². The van der Waals surface area contributed by atoms with Gasteiger partial charge in [0.1, 0.15) is 5.82 Å². The minimum atomic E-state index is -5.60. The molecule has 0 saturated carbocycles. The van der Waals surface area contributed by atoms with Gasteiger partial charge in [0.05, 0.1) is 10.6 Å². The molecule has 4 N–H and O–H groups in total. The van der Waals surface area contributed by atoms with E-state index < -0.39 is 50.2 Å². The Morgan fingerprint density at radius 1 is 1.03 bits per heavy atom. The number of alkyl halides is 3. The van der Waals surface area contributed by atoms with Crippen LogP contribution in [0.1, 0.15) is 0 Å². The van der Waals surface area contributed by atoms with E-state index in [1.807, 2.05) is 0 Å². The van der Waals surface area contributed by atoms with Crippen LogP contribution in [-0.4, -0.2) is 32.2 Å². The van der Waals surface area contributed by atoms with Gasteiger partial charge in [-0.3, -0.25) is 4.79 Å². The topological polar surface area (TPSA) is 122 Å². The number of nitrogens with two attached hydrogens (primary N) is 1. The third kappa shape index (κ3) is 3.38. The third-order valence-electron chi connectivity index (χ3n) is 4.02. The Kier molecular flexibility index (Phi) is 4.75. The predicted molar refractivity (Wildman–Crippen MR) is 92.4 cm³/mol. The third-order valence-corrected chi connectivity index (χ3v) is 5.49. The second kappa shape index (κ2) is 6.70. The van der Waals surface area contributed by atoms with E-state index >= 15 is 0 Å². The van der Waals surface area contributed by atoms with E-state index in [0.717, 1.165) is 36.4 Å². The van der Waals surface area contributed by atoms with Crippen molar-refractivity contribution in [3.8, 4) is 0 Å². The van der Waals surface area contributed by atoms with Gasteiger partial charge in [0.2, 0.25) is 10.0 Å². The summed E-state index contributed by atoms with van der Waals surface area (Å²) < 4.78 is 81.6. The number of imide groups is 1. The summed E-state index contributed by atoms with van der Waals surface area (Å²) in [5, 5.41) is 1.30. The summed E-state index contributed by atoms with van der Waals surface area (Å²) in [7, 11) is -4.96. The highest BCUT2D eigenvalue weighted by Crippen LogP contribution is 2.37. The lowest BCUT2D eigenvalue weighted by Gasteiger charge is -2.29. The molecule has 0 aliphatic carbocycles. The number of amides is 3. The van der Waals surface area contributed by atoms with Crippen molar-refractivity contribution in [2.24, 2.45) is 0 Å². The van der Waals surface area contributed by atoms with Crippen molar-refractivity contribution < 1.29 is 35.6 Å². The fourth-order valence-electron chi connectivity index (χ4n) is 2.61. The highest BCUT2D eigenvalue weighted by atomic mass is 32.2. The van der Waals surface area contributed by atoms with E-state index in [1.54, 1.807) is 0 Å². The van der Waals surface area contributed by atoms with E-state index in [0.29, 0.717) is 0 Å². The first kappa shape index (κ1) is 20.5. The molecule has 3 rings (SSSR count). The standard InChI is InChI=1S/C16H12F4N4O4S/c17-11-3-1-2-4-12(11)24-13(25)15(16(18,19)20,22-14(24)26)23-29(27,28)10-7-5-9(21)6-8-10/h1-8,23H,21H2,(H,22,26)/t15-/m1/s1. The van der Waals surface area contributed by atoms with Crippen LogP contribution < -0.4 is 20.7 Å². The maximum absolute atomic E-state index is 14.0. The molecule has 1 saturated heterocycles. The van der Waals surface area contributed by atoms with Gasteiger partial charge in [-0.05, 0) is 36.4 Å². The first-order chi connectivity index (χ1) is 13.4. The molecule has 3 amide bonds. The van der Waals surface area contributed by atoms with Crippen molar-refractivity contribution in [1.82, 2.24) is 10.0 Å². The van der Waals surface area contributed by atoms with Crippen LogP contribution in [0, 0.1) is 5.82 Å². The molecule has 1 aliphatic rings. The molecule has 8 nitrogen and oxygen atoms in total. The van der Waals surface area contributed by atoms with Crippen LogP contribution in [0.25, 0.3) is 0 Å². The number of nitrogens with zero attached hydrogens (tertiary/aromatic N) is 1. The van der Waals surface area contributed by atoms with Crippen LogP contribution in [0.3, 0.4) is 0 Å². The summed E-state index contributed by atoms with van der Waals surface area (Å²) in [6.07, 6.45) is -5.60. The molecule has 2 aromatic rings. The Morgan fingerprint density at radius 2 is 1.62 bits per heavy atom. The van der Waals surface area contributed by atoms with Gasteiger partial charge in [-0.15, -0.1) is 0 Å². The average Bonchev–Trinajstić information content (AvgIpc) is 2.86. The molecule has 29 heavy (non-hydrogen) atoms. The molecule has 0 aromatic heterocycles. The summed E-state index contributed by atoms with van der Waals surface area (Å²) in [5.74, 6) is -3.21. The maximum Gasteiger partial charge on any atom is 0.435 e. The number of carbonyl (C=O) groups excluding carboxylic acids is 2. The van der Waals surface area contributed by atoms with Gasteiger partial charge in [0.25, 0.3) is 11.6 Å². The van der Waals surface area contributed by atoms with Gasteiger partial charge in [0, 0.05) is 5.69 Å². The second-order valence-electron chi connectivity index (χ2n) is 5.94. The Hall–Kier alpha value is -3.19. The maximum atomic E-state index is 14.0. The predicted octanol–water partition coefficient (Wildman–Crippen LogP) is 1.70. The first-order valence-corrected chi connectivity index (χ1v) is 9.25. The second-order valence-corrected chi connectivity index (χ2v) is 7.63. The van der Waals surface area contributed by atoms with Crippen LogP contribution in [0.5, 0.6) is 0 Å². The average molecular weight is 432 g/mol. The number of sulfonamides is 1. The Morgan fingerprint density at radius 3 is 2.17 bits per heavy atom. The van der Waals surface area contributed by atoms with Gasteiger partial charge in [0.15, 0.2) is 0 Å². The number of hydrogen-bond donors (Lipinski definition) is 3. The van der Waals surface area contributed by atoms with Gasteiger partial charge in [-0.1, -0.05) is 12.1 Å². The number of para-hydroxylation sites is 1. The quantitative estimate of drug-likeness (QED) is 0.386. The van der Waals surface area contributed by atoms with Crippen molar-refractivity contribution in [1.29, 1.82) is 0 Å². The van der Waals surface area contributed by atoms with Crippen molar-refractivity contribution in [3.05, 3.63) is 54.3 Å². The summed E-state index contributed by atoms with van der Waals surface area (Å²) >= 11 is 0. The van der Waals surface area contributed by atoms with Crippen molar-refractivity contribution >= 4 is 33.3 Å². The number of nitrogen functional groups attached to an aromatic ring is 1. The fourth-order valence-corrected chi connectivity index (χ4v) is 3.88. The molecule has 0 radical (unpaired) electrons. The molecule has 1 fully saturated rings. The molecule has 0 spiro atoms. The molecule has 1 atom stereocenters. The van der Waals surface area contributed by atoms with Crippen LogP contribution in [-0.2, 0) is 14.8 Å². The van der Waals surface area contributed by atoms with Gasteiger partial charge in [-0.25, -0.2) is 22.5 Å². The monoisotopic (exact) mass is 432 g/mol. The molecule has 1 aliphatic heterocycles. The molecule has 1 heterocycles. The number of hydrogen-bond acceptors (Lipinski definition) is 5. The van der Waals surface area contributed by atoms with E-state index in [9.17, 15) is 35.6 Å². The Bertz CT molecular complexity index is 1090. The lowest BCUT2D eigenvalue weighted by Crippen LogP contribution is -2.69. The number of rotatable bonds is 4. The lowest BCUT2D eigenvalue weighted by molar-refractivity contribution is -0.194. The van der Waals surface area contributed by atoms with Crippen LogP contribution in [0.15, 0.2) is 53.4 Å². The zero-order valence-corrected chi connectivity index (χ0v) is 15.0. The summed E-state index contributed by atoms with van der Waals surface area (Å²) in [6.45, 7) is 0. The highest BCUT2D eigenvalue weighted by Gasteiger charge is 2.70. The number of nitrogens with one attached hydrogen (secondary N) is 2. The molecule has 13 heteroatoms. The normalized spacial score (nSPS) is 20.1. The van der Waals surface area contributed by atoms with Crippen LogP contribution in [0.2, 0.25) is 0 Å².